The lowest BCUT2D eigenvalue weighted by molar-refractivity contribution is -0.142. The van der Waals surface area contributed by atoms with Crippen molar-refractivity contribution in [1.29, 1.82) is 0 Å². The minimum atomic E-state index is -3.88. The zero-order chi connectivity index (χ0) is 19.1. The smallest absolute Gasteiger partial charge is 0.323 e. The van der Waals surface area contributed by atoms with Crippen LogP contribution in [0.15, 0.2) is 41.3 Å². The lowest BCUT2D eigenvalue weighted by atomic mass is 10.0. The Morgan fingerprint density at radius 3 is 2.38 bits per heavy atom. The second-order valence-electron chi connectivity index (χ2n) is 6.74. The lowest BCUT2D eigenvalue weighted by Crippen LogP contribution is -2.58. The Bertz CT molecular complexity index is 916. The summed E-state index contributed by atoms with van der Waals surface area (Å²) >= 11 is 3.13. The van der Waals surface area contributed by atoms with Gasteiger partial charge in [-0.25, -0.2) is 8.42 Å². The molecule has 1 aliphatic heterocycles. The van der Waals surface area contributed by atoms with Crippen LogP contribution in [0.4, 0.5) is 0 Å². The van der Waals surface area contributed by atoms with Crippen molar-refractivity contribution in [2.24, 2.45) is 0 Å². The van der Waals surface area contributed by atoms with Gasteiger partial charge >= 0.3 is 5.97 Å². The summed E-state index contributed by atoms with van der Waals surface area (Å²) in [6.45, 7) is 5.77. The SMILES string of the molecule is Cc1ccc(-c2ccc(S(=O)(=O)N3CCSC(C)(C)[C@@H]3C(=O)O)cc2)s1. The van der Waals surface area contributed by atoms with E-state index in [2.05, 4.69) is 0 Å². The Hall–Kier alpha value is -1.35. The van der Waals surface area contributed by atoms with E-state index < -0.39 is 26.8 Å². The summed E-state index contributed by atoms with van der Waals surface area (Å²) in [4.78, 5) is 14.2. The number of carboxylic acids is 1. The van der Waals surface area contributed by atoms with Crippen LogP contribution >= 0.6 is 23.1 Å². The number of carbonyl (C=O) groups is 1. The number of benzene rings is 1. The van der Waals surface area contributed by atoms with Gasteiger partial charge in [-0.15, -0.1) is 11.3 Å². The van der Waals surface area contributed by atoms with Crippen LogP contribution in [0.5, 0.6) is 0 Å². The standard InChI is InChI=1S/C18H21NO4S3/c1-12-4-9-15(25-12)13-5-7-14(8-6-13)26(22,23)19-10-11-24-18(2,3)16(19)17(20)21/h4-9,16H,10-11H2,1-3H3,(H,20,21)/t16-/m0/s1. The first kappa shape index (κ1) is 19.4. The molecule has 2 heterocycles. The molecule has 1 aromatic carbocycles. The largest absolute Gasteiger partial charge is 0.480 e. The van der Waals surface area contributed by atoms with Gasteiger partial charge in [-0.05, 0) is 50.6 Å². The highest BCUT2D eigenvalue weighted by atomic mass is 32.2. The normalized spacial score (nSPS) is 20.8. The number of sulfonamides is 1. The van der Waals surface area contributed by atoms with Gasteiger partial charge in [-0.1, -0.05) is 12.1 Å². The maximum atomic E-state index is 13.1. The summed E-state index contributed by atoms with van der Waals surface area (Å²) in [6.07, 6.45) is 0. The fraction of sp³-hybridized carbons (Fsp3) is 0.389. The van der Waals surface area contributed by atoms with Crippen LogP contribution in [0.3, 0.4) is 0 Å². The van der Waals surface area contributed by atoms with Gasteiger partial charge < -0.3 is 5.11 Å². The van der Waals surface area contributed by atoms with Gasteiger partial charge in [0, 0.05) is 26.8 Å². The van der Waals surface area contributed by atoms with Gasteiger partial charge in [0.15, 0.2) is 0 Å². The molecular weight excluding hydrogens is 390 g/mol. The summed E-state index contributed by atoms with van der Waals surface area (Å²) in [5.74, 6) is -0.542. The number of aliphatic carboxylic acids is 1. The number of rotatable bonds is 4. The molecular formula is C18H21NO4S3. The molecule has 8 heteroatoms. The van der Waals surface area contributed by atoms with Gasteiger partial charge in [-0.3, -0.25) is 4.79 Å². The molecule has 26 heavy (non-hydrogen) atoms. The highest BCUT2D eigenvalue weighted by Gasteiger charge is 2.48. The van der Waals surface area contributed by atoms with Crippen molar-refractivity contribution in [2.45, 2.75) is 36.5 Å². The van der Waals surface area contributed by atoms with Crippen LogP contribution < -0.4 is 0 Å². The van der Waals surface area contributed by atoms with Crippen molar-refractivity contribution in [3.05, 3.63) is 41.3 Å². The van der Waals surface area contributed by atoms with E-state index in [9.17, 15) is 18.3 Å². The molecule has 140 valence electrons. The molecule has 1 aromatic heterocycles. The Labute approximate surface area is 162 Å². The summed E-state index contributed by atoms with van der Waals surface area (Å²) in [5, 5.41) is 9.63. The maximum Gasteiger partial charge on any atom is 0.323 e. The van der Waals surface area contributed by atoms with E-state index in [1.54, 1.807) is 49.4 Å². The second kappa shape index (κ2) is 6.99. The molecule has 0 radical (unpaired) electrons. The molecule has 0 amide bonds. The lowest BCUT2D eigenvalue weighted by Gasteiger charge is -2.42. The molecule has 0 unspecified atom stereocenters. The fourth-order valence-corrected chi connectivity index (χ4v) is 7.12. The minimum absolute atomic E-state index is 0.128. The first-order valence-corrected chi connectivity index (χ1v) is 11.4. The topological polar surface area (TPSA) is 74.7 Å². The predicted octanol–water partition coefficient (Wildman–Crippen LogP) is 3.69. The van der Waals surface area contributed by atoms with Gasteiger partial charge in [-0.2, -0.15) is 16.1 Å². The fourth-order valence-electron chi connectivity index (χ4n) is 3.15. The van der Waals surface area contributed by atoms with E-state index >= 15 is 0 Å². The van der Waals surface area contributed by atoms with Crippen molar-refractivity contribution in [3.8, 4) is 10.4 Å². The number of thiophene rings is 1. The third kappa shape index (κ3) is 3.55. The first-order valence-electron chi connectivity index (χ1n) is 8.18. The van der Waals surface area contributed by atoms with Crippen LogP contribution in [0.2, 0.25) is 0 Å². The monoisotopic (exact) mass is 411 g/mol. The predicted molar refractivity (Wildman–Crippen MR) is 106 cm³/mol. The molecule has 0 bridgehead atoms. The number of aryl methyl sites for hydroxylation is 1. The summed E-state index contributed by atoms with van der Waals surface area (Å²) in [7, 11) is -3.88. The van der Waals surface area contributed by atoms with Crippen molar-refractivity contribution >= 4 is 39.1 Å². The number of nitrogens with zero attached hydrogens (tertiary/aromatic N) is 1. The van der Waals surface area contributed by atoms with Crippen molar-refractivity contribution in [1.82, 2.24) is 4.31 Å². The van der Waals surface area contributed by atoms with Gasteiger partial charge in [0.05, 0.1) is 4.90 Å². The number of hydrogen-bond donors (Lipinski definition) is 1. The molecule has 1 saturated heterocycles. The van der Waals surface area contributed by atoms with Crippen molar-refractivity contribution in [2.75, 3.05) is 12.3 Å². The zero-order valence-corrected chi connectivity index (χ0v) is 17.2. The quantitative estimate of drug-likeness (QED) is 0.830. The Kier molecular flexibility index (Phi) is 5.22. The summed E-state index contributed by atoms with van der Waals surface area (Å²) in [6, 6.07) is 9.62. The van der Waals surface area contributed by atoms with Gasteiger partial charge in [0.25, 0.3) is 0 Å². The summed E-state index contributed by atoms with van der Waals surface area (Å²) in [5.41, 5.74) is 0.950. The number of hydrogen-bond acceptors (Lipinski definition) is 5. The molecule has 0 saturated carbocycles. The molecule has 2 aromatic rings. The van der Waals surface area contributed by atoms with Crippen LogP contribution in [0, 0.1) is 6.92 Å². The molecule has 1 aliphatic rings. The van der Waals surface area contributed by atoms with E-state index in [-0.39, 0.29) is 11.4 Å². The third-order valence-corrected chi connectivity index (χ3v) is 8.73. The number of thioether (sulfide) groups is 1. The van der Waals surface area contributed by atoms with Crippen LogP contribution in [-0.2, 0) is 14.8 Å². The van der Waals surface area contributed by atoms with E-state index in [1.165, 1.54) is 16.6 Å². The van der Waals surface area contributed by atoms with Gasteiger partial charge in [0.2, 0.25) is 10.0 Å². The van der Waals surface area contributed by atoms with Crippen molar-refractivity contribution < 1.29 is 18.3 Å². The maximum absolute atomic E-state index is 13.1. The second-order valence-corrected chi connectivity index (χ2v) is 11.7. The van der Waals surface area contributed by atoms with E-state index in [0.717, 1.165) is 14.7 Å². The molecule has 3 rings (SSSR count). The highest BCUT2D eigenvalue weighted by Crippen LogP contribution is 2.38. The van der Waals surface area contributed by atoms with E-state index in [4.69, 9.17) is 0 Å². The van der Waals surface area contributed by atoms with Crippen LogP contribution in [0.25, 0.3) is 10.4 Å². The molecule has 1 atom stereocenters. The van der Waals surface area contributed by atoms with Crippen LogP contribution in [-0.4, -0.2) is 46.9 Å². The average Bonchev–Trinajstić information content (AvgIpc) is 3.00. The minimum Gasteiger partial charge on any atom is -0.480 e. The number of carboxylic acid groups (broad SMARTS) is 1. The van der Waals surface area contributed by atoms with E-state index in [1.807, 2.05) is 19.1 Å². The average molecular weight is 412 g/mol. The molecule has 0 spiro atoms. The molecule has 1 N–H and O–H groups in total. The van der Waals surface area contributed by atoms with Crippen LogP contribution in [0.1, 0.15) is 18.7 Å². The van der Waals surface area contributed by atoms with Gasteiger partial charge in [0.1, 0.15) is 6.04 Å². The van der Waals surface area contributed by atoms with E-state index in [0.29, 0.717) is 5.75 Å². The molecule has 1 fully saturated rings. The Balaban J connectivity index is 1.95. The highest BCUT2D eigenvalue weighted by molar-refractivity contribution is 8.00. The molecule has 0 aliphatic carbocycles. The van der Waals surface area contributed by atoms with Crippen molar-refractivity contribution in [3.63, 3.8) is 0 Å². The zero-order valence-electron chi connectivity index (χ0n) is 14.8. The first-order chi connectivity index (χ1) is 12.1. The third-order valence-electron chi connectivity index (χ3n) is 4.45. The summed E-state index contributed by atoms with van der Waals surface area (Å²) < 4.78 is 26.6. The Morgan fingerprint density at radius 2 is 1.85 bits per heavy atom. The Morgan fingerprint density at radius 1 is 1.19 bits per heavy atom. The molecule has 5 nitrogen and oxygen atoms in total.